The van der Waals surface area contributed by atoms with Gasteiger partial charge in [-0.2, -0.15) is 0 Å². The Morgan fingerprint density at radius 3 is 3.09 bits per heavy atom. The largest absolute Gasteiger partial charge is 0.302 e. The van der Waals surface area contributed by atoms with Crippen LogP contribution in [0.2, 0.25) is 0 Å². The summed E-state index contributed by atoms with van der Waals surface area (Å²) >= 11 is 8.51. The number of rotatable bonds is 1. The van der Waals surface area contributed by atoms with Gasteiger partial charge in [0.1, 0.15) is 4.32 Å². The SMILES string of the molecule is S=C1SCCN1c1nccs1. The molecule has 2 rings (SSSR count). The van der Waals surface area contributed by atoms with E-state index in [1.807, 2.05) is 11.6 Å². The third-order valence-corrected chi connectivity index (χ3v) is 3.63. The average molecular weight is 202 g/mol. The van der Waals surface area contributed by atoms with E-state index in [1.54, 1.807) is 23.1 Å². The molecule has 1 aromatic heterocycles. The molecule has 0 N–H and O–H groups in total. The van der Waals surface area contributed by atoms with Crippen LogP contribution in [-0.2, 0) is 0 Å². The van der Waals surface area contributed by atoms with Gasteiger partial charge in [0.05, 0.1) is 0 Å². The molecule has 1 aliphatic rings. The number of nitrogens with zero attached hydrogens (tertiary/aromatic N) is 2. The van der Waals surface area contributed by atoms with E-state index in [-0.39, 0.29) is 0 Å². The first-order valence-electron chi connectivity index (χ1n) is 3.22. The lowest BCUT2D eigenvalue weighted by atomic mass is 10.7. The van der Waals surface area contributed by atoms with Crippen LogP contribution in [0.1, 0.15) is 0 Å². The van der Waals surface area contributed by atoms with Crippen molar-refractivity contribution >= 4 is 44.8 Å². The quantitative estimate of drug-likeness (QED) is 0.647. The van der Waals surface area contributed by atoms with Gasteiger partial charge in [-0.15, -0.1) is 11.3 Å². The van der Waals surface area contributed by atoms with Gasteiger partial charge in [0.25, 0.3) is 0 Å². The fourth-order valence-corrected chi connectivity index (χ4v) is 2.92. The standard InChI is InChI=1S/C6H6N2S3/c9-6-8(2-4-11-6)5-7-1-3-10-5/h1,3H,2,4H2. The summed E-state index contributed by atoms with van der Waals surface area (Å²) in [7, 11) is 0. The Hall–Kier alpha value is -0.130. The average Bonchev–Trinajstić information content (AvgIpc) is 2.55. The Bertz CT molecular complexity index is 257. The monoisotopic (exact) mass is 202 g/mol. The molecule has 0 spiro atoms. The number of thiocarbonyl (C=S) groups is 1. The zero-order chi connectivity index (χ0) is 7.68. The third-order valence-electron chi connectivity index (χ3n) is 1.41. The summed E-state index contributed by atoms with van der Waals surface area (Å²) in [6.07, 6.45) is 1.81. The van der Waals surface area contributed by atoms with E-state index in [9.17, 15) is 0 Å². The molecule has 0 aliphatic carbocycles. The van der Waals surface area contributed by atoms with Crippen LogP contribution >= 0.6 is 35.3 Å². The van der Waals surface area contributed by atoms with Crippen molar-refractivity contribution in [1.29, 1.82) is 0 Å². The van der Waals surface area contributed by atoms with Crippen LogP contribution in [0.15, 0.2) is 11.6 Å². The zero-order valence-corrected chi connectivity index (χ0v) is 8.14. The van der Waals surface area contributed by atoms with Crippen molar-refractivity contribution in [3.05, 3.63) is 11.6 Å². The van der Waals surface area contributed by atoms with E-state index in [0.29, 0.717) is 0 Å². The van der Waals surface area contributed by atoms with E-state index >= 15 is 0 Å². The van der Waals surface area contributed by atoms with Crippen LogP contribution in [0.4, 0.5) is 5.13 Å². The van der Waals surface area contributed by atoms with Gasteiger partial charge in [0.15, 0.2) is 5.13 Å². The summed E-state index contributed by atoms with van der Waals surface area (Å²) < 4.78 is 0.958. The molecule has 1 aromatic rings. The molecule has 1 saturated heterocycles. The molecule has 58 valence electrons. The van der Waals surface area contributed by atoms with Gasteiger partial charge in [0.2, 0.25) is 0 Å². The highest BCUT2D eigenvalue weighted by Gasteiger charge is 2.20. The fraction of sp³-hybridized carbons (Fsp3) is 0.333. The number of aromatic nitrogens is 1. The highest BCUT2D eigenvalue weighted by molar-refractivity contribution is 8.23. The van der Waals surface area contributed by atoms with Crippen molar-refractivity contribution in [1.82, 2.24) is 4.98 Å². The second kappa shape index (κ2) is 3.08. The van der Waals surface area contributed by atoms with Crippen molar-refractivity contribution in [2.24, 2.45) is 0 Å². The molecule has 0 unspecified atom stereocenters. The minimum Gasteiger partial charge on any atom is -0.302 e. The van der Waals surface area contributed by atoms with Crippen molar-refractivity contribution < 1.29 is 0 Å². The molecule has 0 aromatic carbocycles. The van der Waals surface area contributed by atoms with Crippen LogP contribution in [-0.4, -0.2) is 21.6 Å². The predicted octanol–water partition coefficient (Wildman–Crippen LogP) is 1.98. The highest BCUT2D eigenvalue weighted by Crippen LogP contribution is 2.26. The normalized spacial score (nSPS) is 17.8. The van der Waals surface area contributed by atoms with E-state index < -0.39 is 0 Å². The second-order valence-corrected chi connectivity index (χ2v) is 4.68. The molecule has 0 bridgehead atoms. The van der Waals surface area contributed by atoms with Gasteiger partial charge in [-0.1, -0.05) is 24.0 Å². The molecule has 0 amide bonds. The van der Waals surface area contributed by atoms with Gasteiger partial charge in [-0.3, -0.25) is 0 Å². The maximum Gasteiger partial charge on any atom is 0.190 e. The minimum absolute atomic E-state index is 0.958. The predicted molar refractivity (Wildman–Crippen MR) is 54.5 cm³/mol. The second-order valence-electron chi connectivity index (χ2n) is 2.08. The van der Waals surface area contributed by atoms with E-state index in [0.717, 1.165) is 21.7 Å². The maximum absolute atomic E-state index is 5.14. The Morgan fingerprint density at radius 2 is 2.55 bits per heavy atom. The lowest BCUT2D eigenvalue weighted by Crippen LogP contribution is -2.21. The molecular weight excluding hydrogens is 196 g/mol. The third kappa shape index (κ3) is 1.40. The fourth-order valence-electron chi connectivity index (χ4n) is 0.916. The number of thioether (sulfide) groups is 1. The molecule has 0 radical (unpaired) electrons. The van der Waals surface area contributed by atoms with Crippen molar-refractivity contribution in [3.63, 3.8) is 0 Å². The number of thiazole rings is 1. The van der Waals surface area contributed by atoms with Gasteiger partial charge in [-0.05, 0) is 0 Å². The number of anilines is 1. The Morgan fingerprint density at radius 1 is 1.64 bits per heavy atom. The Labute approximate surface area is 78.6 Å². The Balaban J connectivity index is 2.23. The van der Waals surface area contributed by atoms with Crippen LogP contribution in [0.25, 0.3) is 0 Å². The van der Waals surface area contributed by atoms with Crippen LogP contribution < -0.4 is 4.90 Å². The first-order chi connectivity index (χ1) is 5.38. The summed E-state index contributed by atoms with van der Waals surface area (Å²) in [5.41, 5.74) is 0. The van der Waals surface area contributed by atoms with Crippen LogP contribution in [0.5, 0.6) is 0 Å². The minimum atomic E-state index is 0.958. The molecule has 2 nitrogen and oxygen atoms in total. The molecule has 0 saturated carbocycles. The molecule has 1 fully saturated rings. The van der Waals surface area contributed by atoms with E-state index in [2.05, 4.69) is 9.88 Å². The zero-order valence-electron chi connectivity index (χ0n) is 5.69. The molecular formula is C6H6N2S3. The molecule has 11 heavy (non-hydrogen) atoms. The Kier molecular flexibility index (Phi) is 2.11. The number of hydrogen-bond acceptors (Lipinski definition) is 4. The maximum atomic E-state index is 5.14. The highest BCUT2D eigenvalue weighted by atomic mass is 32.2. The molecule has 0 atom stereocenters. The lowest BCUT2D eigenvalue weighted by Gasteiger charge is -2.11. The van der Waals surface area contributed by atoms with Crippen LogP contribution in [0.3, 0.4) is 0 Å². The summed E-state index contributed by atoms with van der Waals surface area (Å²) in [6, 6.07) is 0. The first kappa shape index (κ1) is 7.52. The summed E-state index contributed by atoms with van der Waals surface area (Å²) in [4.78, 5) is 6.28. The summed E-state index contributed by atoms with van der Waals surface area (Å²) in [5, 5.41) is 3.00. The van der Waals surface area contributed by atoms with Gasteiger partial charge in [-0.25, -0.2) is 4.98 Å². The van der Waals surface area contributed by atoms with Gasteiger partial charge < -0.3 is 4.90 Å². The van der Waals surface area contributed by atoms with Crippen molar-refractivity contribution in [2.45, 2.75) is 0 Å². The van der Waals surface area contributed by atoms with Crippen molar-refractivity contribution in [2.75, 3.05) is 17.2 Å². The lowest BCUT2D eigenvalue weighted by molar-refractivity contribution is 1.10. The summed E-state index contributed by atoms with van der Waals surface area (Å²) in [5.74, 6) is 1.10. The molecule has 1 aliphatic heterocycles. The van der Waals surface area contributed by atoms with Gasteiger partial charge >= 0.3 is 0 Å². The number of hydrogen-bond donors (Lipinski definition) is 0. The molecule has 2 heterocycles. The molecule has 5 heteroatoms. The van der Waals surface area contributed by atoms with Crippen molar-refractivity contribution in [3.8, 4) is 0 Å². The van der Waals surface area contributed by atoms with Gasteiger partial charge in [0, 0.05) is 23.9 Å². The topological polar surface area (TPSA) is 16.1 Å². The summed E-state index contributed by atoms with van der Waals surface area (Å²) in [6.45, 7) is 1.01. The van der Waals surface area contributed by atoms with E-state index in [4.69, 9.17) is 12.2 Å². The van der Waals surface area contributed by atoms with E-state index in [1.165, 1.54) is 0 Å². The first-order valence-corrected chi connectivity index (χ1v) is 5.49. The van der Waals surface area contributed by atoms with Crippen LogP contribution in [0, 0.1) is 0 Å². The smallest absolute Gasteiger partial charge is 0.190 e.